The van der Waals surface area contributed by atoms with Gasteiger partial charge >= 0.3 is 0 Å². The Hall–Kier alpha value is -2.56. The Balaban J connectivity index is 0.00000300. The molecule has 2 aromatic heterocycles. The van der Waals surface area contributed by atoms with Crippen molar-refractivity contribution in [2.45, 2.75) is 26.4 Å². The van der Waals surface area contributed by atoms with Crippen LogP contribution in [0.3, 0.4) is 0 Å². The van der Waals surface area contributed by atoms with Crippen molar-refractivity contribution < 1.29 is 9.21 Å². The number of amides is 1. The SMILES string of the molecule is CN=C(NCCCn1c(C)nc2ccccc21)NCC(=O)NCc1ccco1.I. The number of rotatable bonds is 8. The highest BCUT2D eigenvalue weighted by atomic mass is 127. The minimum absolute atomic E-state index is 0. The van der Waals surface area contributed by atoms with E-state index in [0.29, 0.717) is 12.5 Å². The van der Waals surface area contributed by atoms with Crippen molar-refractivity contribution in [3.05, 3.63) is 54.2 Å². The van der Waals surface area contributed by atoms with E-state index in [1.807, 2.05) is 31.2 Å². The van der Waals surface area contributed by atoms with E-state index in [9.17, 15) is 4.79 Å². The lowest BCUT2D eigenvalue weighted by Gasteiger charge is -2.12. The van der Waals surface area contributed by atoms with Crippen molar-refractivity contribution in [2.75, 3.05) is 20.1 Å². The van der Waals surface area contributed by atoms with Gasteiger partial charge in [-0.2, -0.15) is 0 Å². The van der Waals surface area contributed by atoms with E-state index in [-0.39, 0.29) is 36.4 Å². The Morgan fingerprint density at radius 3 is 2.76 bits per heavy atom. The fourth-order valence-electron chi connectivity index (χ4n) is 2.97. The molecule has 0 saturated carbocycles. The summed E-state index contributed by atoms with van der Waals surface area (Å²) >= 11 is 0. The van der Waals surface area contributed by atoms with Crippen LogP contribution in [0.2, 0.25) is 0 Å². The molecular weight excluding hydrogens is 483 g/mol. The molecule has 0 bridgehead atoms. The second kappa shape index (κ2) is 11.4. The number of aromatic nitrogens is 2. The third-order valence-corrected chi connectivity index (χ3v) is 4.38. The summed E-state index contributed by atoms with van der Waals surface area (Å²) in [5, 5.41) is 9.03. The first-order valence-electron chi connectivity index (χ1n) is 9.33. The van der Waals surface area contributed by atoms with Gasteiger partial charge in [0.1, 0.15) is 11.6 Å². The number of guanidine groups is 1. The highest BCUT2D eigenvalue weighted by Gasteiger charge is 2.07. The maximum atomic E-state index is 11.9. The Bertz CT molecular complexity index is 936. The summed E-state index contributed by atoms with van der Waals surface area (Å²) in [5.41, 5.74) is 2.17. The van der Waals surface area contributed by atoms with Gasteiger partial charge < -0.3 is 24.9 Å². The van der Waals surface area contributed by atoms with Crippen LogP contribution in [0.15, 0.2) is 52.1 Å². The number of carbonyl (C=O) groups is 1. The topological polar surface area (TPSA) is 96.5 Å². The number of hydrogen-bond acceptors (Lipinski definition) is 4. The highest BCUT2D eigenvalue weighted by Crippen LogP contribution is 2.15. The number of benzene rings is 1. The number of imidazole rings is 1. The quantitative estimate of drug-likeness (QED) is 0.187. The monoisotopic (exact) mass is 510 g/mol. The van der Waals surface area contributed by atoms with Gasteiger partial charge in [0.15, 0.2) is 5.96 Å². The second-order valence-corrected chi connectivity index (χ2v) is 6.36. The summed E-state index contributed by atoms with van der Waals surface area (Å²) in [4.78, 5) is 20.6. The molecule has 0 spiro atoms. The molecule has 0 saturated heterocycles. The van der Waals surface area contributed by atoms with Crippen LogP contribution in [0.1, 0.15) is 18.0 Å². The number of aryl methyl sites for hydroxylation is 2. The zero-order chi connectivity index (χ0) is 19.8. The lowest BCUT2D eigenvalue weighted by Crippen LogP contribution is -2.43. The van der Waals surface area contributed by atoms with Crippen molar-refractivity contribution in [1.82, 2.24) is 25.5 Å². The number of nitrogens with zero attached hydrogens (tertiary/aromatic N) is 3. The van der Waals surface area contributed by atoms with Crippen molar-refractivity contribution in [3.8, 4) is 0 Å². The molecule has 3 N–H and O–H groups in total. The zero-order valence-corrected chi connectivity index (χ0v) is 19.0. The maximum Gasteiger partial charge on any atom is 0.239 e. The van der Waals surface area contributed by atoms with Gasteiger partial charge in [-0.3, -0.25) is 9.79 Å². The molecular formula is C20H27IN6O2. The lowest BCUT2D eigenvalue weighted by atomic mass is 10.3. The molecule has 0 aliphatic heterocycles. The Labute approximate surface area is 187 Å². The van der Waals surface area contributed by atoms with Crippen LogP contribution in [-0.2, 0) is 17.9 Å². The molecule has 2 heterocycles. The number of fused-ring (bicyclic) bond motifs is 1. The standard InChI is InChI=1S/C20H26N6O2.HI/c1-15-25-17-8-3-4-9-18(17)26(15)11-6-10-22-20(21-2)24-14-19(27)23-13-16-7-5-12-28-16;/h3-5,7-9,12H,6,10-11,13-14H2,1-2H3,(H,23,27)(H2,21,22,24);1H. The Morgan fingerprint density at radius 1 is 1.17 bits per heavy atom. The van der Waals surface area contributed by atoms with Gasteiger partial charge in [0.25, 0.3) is 0 Å². The summed E-state index contributed by atoms with van der Waals surface area (Å²) in [6.07, 6.45) is 2.49. The number of halogens is 1. The van der Waals surface area contributed by atoms with E-state index < -0.39 is 0 Å². The Morgan fingerprint density at radius 2 is 2.00 bits per heavy atom. The van der Waals surface area contributed by atoms with E-state index in [4.69, 9.17) is 4.42 Å². The molecule has 156 valence electrons. The summed E-state index contributed by atoms with van der Waals surface area (Å²) in [6, 6.07) is 11.8. The molecule has 0 aliphatic rings. The third-order valence-electron chi connectivity index (χ3n) is 4.38. The minimum Gasteiger partial charge on any atom is -0.467 e. The molecule has 0 fully saturated rings. The average Bonchev–Trinajstić information content (AvgIpc) is 3.33. The molecule has 1 aromatic carbocycles. The minimum atomic E-state index is -0.125. The fourth-order valence-corrected chi connectivity index (χ4v) is 2.97. The first-order valence-corrected chi connectivity index (χ1v) is 9.33. The van der Waals surface area contributed by atoms with Gasteiger partial charge in [0.05, 0.1) is 30.4 Å². The van der Waals surface area contributed by atoms with Crippen LogP contribution in [0.25, 0.3) is 11.0 Å². The number of aliphatic imine (C=N–C) groups is 1. The maximum absolute atomic E-state index is 11.9. The molecule has 3 rings (SSSR count). The Kier molecular flexibility index (Phi) is 8.97. The van der Waals surface area contributed by atoms with Crippen molar-refractivity contribution in [3.63, 3.8) is 0 Å². The van der Waals surface area contributed by atoms with Crippen LogP contribution >= 0.6 is 24.0 Å². The summed E-state index contributed by atoms with van der Waals surface area (Å²) in [5.74, 6) is 2.20. The van der Waals surface area contributed by atoms with E-state index >= 15 is 0 Å². The predicted octanol–water partition coefficient (Wildman–Crippen LogP) is 2.43. The van der Waals surface area contributed by atoms with Crippen LogP contribution < -0.4 is 16.0 Å². The molecule has 29 heavy (non-hydrogen) atoms. The van der Waals surface area contributed by atoms with Gasteiger partial charge in [-0.15, -0.1) is 24.0 Å². The van der Waals surface area contributed by atoms with E-state index in [1.165, 1.54) is 0 Å². The van der Waals surface area contributed by atoms with Gasteiger partial charge in [0, 0.05) is 20.1 Å². The smallest absolute Gasteiger partial charge is 0.239 e. The summed E-state index contributed by atoms with van der Waals surface area (Å²) < 4.78 is 7.40. The summed E-state index contributed by atoms with van der Waals surface area (Å²) in [6.45, 7) is 4.14. The second-order valence-electron chi connectivity index (χ2n) is 6.36. The van der Waals surface area contributed by atoms with Crippen LogP contribution in [-0.4, -0.2) is 41.6 Å². The largest absolute Gasteiger partial charge is 0.467 e. The van der Waals surface area contributed by atoms with E-state index in [1.54, 1.807) is 19.4 Å². The molecule has 3 aromatic rings. The molecule has 1 amide bonds. The molecule has 9 heteroatoms. The molecule has 0 aliphatic carbocycles. The fraction of sp³-hybridized carbons (Fsp3) is 0.350. The molecule has 0 radical (unpaired) electrons. The normalized spacial score (nSPS) is 11.2. The average molecular weight is 510 g/mol. The van der Waals surface area contributed by atoms with Gasteiger partial charge in [-0.05, 0) is 37.6 Å². The number of nitrogens with one attached hydrogen (secondary N) is 3. The molecule has 0 atom stereocenters. The van der Waals surface area contributed by atoms with Crippen molar-refractivity contribution >= 4 is 46.9 Å². The molecule has 0 unspecified atom stereocenters. The van der Waals surface area contributed by atoms with E-state index in [0.717, 1.165) is 42.1 Å². The molecule has 8 nitrogen and oxygen atoms in total. The first kappa shape index (κ1) is 22.7. The van der Waals surface area contributed by atoms with E-state index in [2.05, 4.69) is 36.6 Å². The van der Waals surface area contributed by atoms with Crippen LogP contribution in [0.5, 0.6) is 0 Å². The van der Waals surface area contributed by atoms with Gasteiger partial charge in [0.2, 0.25) is 5.91 Å². The number of carbonyl (C=O) groups excluding carboxylic acids is 1. The zero-order valence-electron chi connectivity index (χ0n) is 16.6. The number of hydrogen-bond donors (Lipinski definition) is 3. The van der Waals surface area contributed by atoms with Gasteiger partial charge in [-0.25, -0.2) is 4.98 Å². The van der Waals surface area contributed by atoms with Crippen LogP contribution in [0, 0.1) is 6.92 Å². The predicted molar refractivity (Wildman–Crippen MR) is 124 cm³/mol. The number of furan rings is 1. The highest BCUT2D eigenvalue weighted by molar-refractivity contribution is 14.0. The van der Waals surface area contributed by atoms with Gasteiger partial charge in [-0.1, -0.05) is 12.1 Å². The lowest BCUT2D eigenvalue weighted by molar-refractivity contribution is -0.120. The van der Waals surface area contributed by atoms with Crippen LogP contribution in [0.4, 0.5) is 0 Å². The van der Waals surface area contributed by atoms with Crippen molar-refractivity contribution in [2.24, 2.45) is 4.99 Å². The number of para-hydroxylation sites is 2. The third kappa shape index (κ3) is 6.48. The van der Waals surface area contributed by atoms with Crippen molar-refractivity contribution in [1.29, 1.82) is 0 Å². The first-order chi connectivity index (χ1) is 13.7. The summed E-state index contributed by atoms with van der Waals surface area (Å²) in [7, 11) is 1.68.